The van der Waals surface area contributed by atoms with Gasteiger partial charge in [0.2, 0.25) is 23.0 Å². The van der Waals surface area contributed by atoms with Gasteiger partial charge in [0, 0.05) is 18.5 Å². The fourth-order valence-corrected chi connectivity index (χ4v) is 7.87. The number of rotatable bonds is 11. The highest BCUT2D eigenvalue weighted by atomic mass is 32.2. The molecule has 0 spiro atoms. The highest BCUT2D eigenvalue weighted by Crippen LogP contribution is 2.50. The van der Waals surface area contributed by atoms with E-state index in [2.05, 4.69) is 16.0 Å². The molecule has 3 N–H and O–H groups in total. The van der Waals surface area contributed by atoms with Crippen molar-refractivity contribution >= 4 is 39.1 Å². The van der Waals surface area contributed by atoms with Crippen LogP contribution >= 0.6 is 11.8 Å². The van der Waals surface area contributed by atoms with Gasteiger partial charge in [0.25, 0.3) is 0 Å². The summed E-state index contributed by atoms with van der Waals surface area (Å²) in [6.45, 7) is 1.43. The van der Waals surface area contributed by atoms with E-state index in [1.54, 1.807) is 31.0 Å². The van der Waals surface area contributed by atoms with Crippen LogP contribution < -0.4 is 35.6 Å². The van der Waals surface area contributed by atoms with E-state index in [0.29, 0.717) is 59.8 Å². The standard InChI is InChI=1S/C30H39N3O8S2/c1-17(34)31-22-8-6-18-14-26(39-2)28(40-3)29(41-4)27(18)20-7-9-23(25(35)15-21(20)22)33-24(10-12-42-5)30(36)32-19-11-13-43(37,38)16-19/h7,9,14-15,19,22,24H,6,8,10-13,16H2,1-5H3,(H,31,34)(H,32,36)(H,33,35)/t19-,22-,24-/m0/s1. The summed E-state index contributed by atoms with van der Waals surface area (Å²) in [6, 6.07) is 5.12. The Morgan fingerprint density at radius 3 is 2.40 bits per heavy atom. The second-order valence-corrected chi connectivity index (χ2v) is 13.9. The van der Waals surface area contributed by atoms with Crippen LogP contribution in [-0.4, -0.2) is 77.2 Å². The van der Waals surface area contributed by atoms with Gasteiger partial charge in [0.05, 0.1) is 44.6 Å². The van der Waals surface area contributed by atoms with Crippen LogP contribution in [0.4, 0.5) is 5.69 Å². The largest absolute Gasteiger partial charge is 0.493 e. The molecule has 1 fully saturated rings. The molecule has 43 heavy (non-hydrogen) atoms. The smallest absolute Gasteiger partial charge is 0.242 e. The summed E-state index contributed by atoms with van der Waals surface area (Å²) in [6.07, 6.45) is 3.80. The van der Waals surface area contributed by atoms with Crippen molar-refractivity contribution in [3.8, 4) is 28.4 Å². The maximum Gasteiger partial charge on any atom is 0.242 e. The molecule has 0 radical (unpaired) electrons. The maximum absolute atomic E-state index is 13.7. The fraction of sp³-hybridized carbons (Fsp3) is 0.500. The number of anilines is 1. The lowest BCUT2D eigenvalue weighted by atomic mass is 9.95. The lowest BCUT2D eigenvalue weighted by molar-refractivity contribution is -0.122. The number of carbonyl (C=O) groups excluding carboxylic acids is 2. The zero-order chi connectivity index (χ0) is 31.3. The first-order chi connectivity index (χ1) is 20.5. The molecule has 2 aromatic rings. The van der Waals surface area contributed by atoms with Gasteiger partial charge in [0.15, 0.2) is 21.3 Å². The number of ether oxygens (including phenoxy) is 3. The number of benzene rings is 1. The van der Waals surface area contributed by atoms with Crippen molar-refractivity contribution in [2.24, 2.45) is 0 Å². The van der Waals surface area contributed by atoms with Crippen LogP contribution in [0.15, 0.2) is 29.1 Å². The van der Waals surface area contributed by atoms with E-state index in [-0.39, 0.29) is 34.4 Å². The van der Waals surface area contributed by atoms with Crippen LogP contribution in [-0.2, 0) is 25.8 Å². The van der Waals surface area contributed by atoms with Crippen molar-refractivity contribution in [2.75, 3.05) is 50.2 Å². The molecule has 3 atom stereocenters. The van der Waals surface area contributed by atoms with Gasteiger partial charge in [-0.2, -0.15) is 11.8 Å². The topological polar surface area (TPSA) is 149 Å². The molecule has 11 nitrogen and oxygen atoms in total. The van der Waals surface area contributed by atoms with Gasteiger partial charge < -0.3 is 30.2 Å². The van der Waals surface area contributed by atoms with E-state index in [1.807, 2.05) is 12.3 Å². The first kappa shape index (κ1) is 32.5. The molecule has 0 saturated carbocycles. The van der Waals surface area contributed by atoms with Crippen LogP contribution in [0, 0.1) is 0 Å². The average molecular weight is 634 g/mol. The molecule has 1 saturated heterocycles. The van der Waals surface area contributed by atoms with Gasteiger partial charge >= 0.3 is 0 Å². The zero-order valence-electron chi connectivity index (χ0n) is 25.1. The average Bonchev–Trinajstić information content (AvgIpc) is 3.14. The van der Waals surface area contributed by atoms with Crippen molar-refractivity contribution in [1.82, 2.24) is 10.6 Å². The van der Waals surface area contributed by atoms with Crippen molar-refractivity contribution in [2.45, 2.75) is 50.7 Å². The number of hydrogen-bond donors (Lipinski definition) is 3. The van der Waals surface area contributed by atoms with E-state index < -0.39 is 28.0 Å². The van der Waals surface area contributed by atoms with Crippen LogP contribution in [0.25, 0.3) is 11.1 Å². The molecule has 1 aliphatic heterocycles. The summed E-state index contributed by atoms with van der Waals surface area (Å²) in [5.41, 5.74) is 2.76. The number of fused-ring (bicyclic) bond motifs is 3. The Balaban J connectivity index is 1.81. The highest BCUT2D eigenvalue weighted by Gasteiger charge is 2.32. The maximum atomic E-state index is 13.7. The number of carbonyl (C=O) groups is 2. The Hall–Kier alpha value is -3.45. The SMILES string of the molecule is COc1cc2c(c(OC)c1OC)-c1ccc(N[C@@H](CCSC)C(=O)N[C@H]3CCS(=O)(=O)C3)c(=O)cc1[C@@H](NC(C)=O)CC2. The lowest BCUT2D eigenvalue weighted by Crippen LogP contribution is -2.45. The molecule has 4 rings (SSSR count). The quantitative estimate of drug-likeness (QED) is 0.337. The number of amides is 2. The summed E-state index contributed by atoms with van der Waals surface area (Å²) < 4.78 is 40.9. The fourth-order valence-electron chi connectivity index (χ4n) is 5.73. The van der Waals surface area contributed by atoms with E-state index in [1.165, 1.54) is 27.2 Å². The summed E-state index contributed by atoms with van der Waals surface area (Å²) in [5, 5.41) is 8.97. The lowest BCUT2D eigenvalue weighted by Gasteiger charge is -2.21. The summed E-state index contributed by atoms with van der Waals surface area (Å²) in [4.78, 5) is 39.2. The summed E-state index contributed by atoms with van der Waals surface area (Å²) >= 11 is 1.56. The summed E-state index contributed by atoms with van der Waals surface area (Å²) in [7, 11) is 1.43. The molecule has 0 unspecified atom stereocenters. The molecule has 2 amide bonds. The van der Waals surface area contributed by atoms with Gasteiger partial charge in [0.1, 0.15) is 6.04 Å². The van der Waals surface area contributed by atoms with E-state index >= 15 is 0 Å². The zero-order valence-corrected chi connectivity index (χ0v) is 26.7. The Kier molecular flexibility index (Phi) is 10.5. The number of nitrogens with one attached hydrogen (secondary N) is 3. The number of hydrogen-bond acceptors (Lipinski definition) is 10. The number of sulfone groups is 1. The van der Waals surface area contributed by atoms with Crippen molar-refractivity contribution in [3.05, 3.63) is 45.6 Å². The Morgan fingerprint density at radius 1 is 1.05 bits per heavy atom. The third kappa shape index (κ3) is 7.38. The highest BCUT2D eigenvalue weighted by molar-refractivity contribution is 7.98. The number of methoxy groups -OCH3 is 3. The van der Waals surface area contributed by atoms with Crippen molar-refractivity contribution in [1.29, 1.82) is 0 Å². The minimum atomic E-state index is -3.17. The molecule has 2 aromatic carbocycles. The first-order valence-electron chi connectivity index (χ1n) is 14.1. The van der Waals surface area contributed by atoms with Gasteiger partial charge in [-0.25, -0.2) is 8.42 Å². The van der Waals surface area contributed by atoms with Crippen LogP contribution in [0.3, 0.4) is 0 Å². The van der Waals surface area contributed by atoms with Gasteiger partial charge in [-0.3, -0.25) is 14.4 Å². The van der Waals surface area contributed by atoms with Gasteiger partial charge in [-0.1, -0.05) is 6.07 Å². The molecule has 0 bridgehead atoms. The molecule has 0 aromatic heterocycles. The van der Waals surface area contributed by atoms with E-state index in [9.17, 15) is 22.8 Å². The minimum absolute atomic E-state index is 0.0443. The predicted octanol–water partition coefficient (Wildman–Crippen LogP) is 2.70. The van der Waals surface area contributed by atoms with Gasteiger partial charge in [-0.05, 0) is 72.6 Å². The Bertz CT molecular complexity index is 1550. The van der Waals surface area contributed by atoms with Crippen LogP contribution in [0.2, 0.25) is 0 Å². The normalized spacial score (nSPS) is 19.2. The first-order valence-corrected chi connectivity index (χ1v) is 17.3. The molecular weight excluding hydrogens is 594 g/mol. The van der Waals surface area contributed by atoms with Crippen molar-refractivity contribution < 1.29 is 32.2 Å². The van der Waals surface area contributed by atoms with Crippen LogP contribution in [0.1, 0.15) is 43.4 Å². The van der Waals surface area contributed by atoms with E-state index in [0.717, 1.165) is 11.1 Å². The van der Waals surface area contributed by atoms with Crippen LogP contribution in [0.5, 0.6) is 17.2 Å². The monoisotopic (exact) mass is 633 g/mol. The predicted molar refractivity (Wildman–Crippen MR) is 168 cm³/mol. The molecule has 1 heterocycles. The van der Waals surface area contributed by atoms with E-state index in [4.69, 9.17) is 14.2 Å². The molecular formula is C30H39N3O8S2. The number of thioether (sulfide) groups is 1. The molecule has 234 valence electrons. The molecule has 2 aliphatic rings. The van der Waals surface area contributed by atoms with Crippen molar-refractivity contribution in [3.63, 3.8) is 0 Å². The Morgan fingerprint density at radius 2 is 1.79 bits per heavy atom. The minimum Gasteiger partial charge on any atom is -0.493 e. The Labute approximate surface area is 256 Å². The summed E-state index contributed by atoms with van der Waals surface area (Å²) in [5.74, 6) is 1.36. The third-order valence-electron chi connectivity index (χ3n) is 7.75. The van der Waals surface area contributed by atoms with Gasteiger partial charge in [-0.15, -0.1) is 0 Å². The second kappa shape index (κ2) is 13.9. The molecule has 13 heteroatoms. The number of aryl methyl sites for hydroxylation is 1. The molecule has 1 aliphatic carbocycles. The third-order valence-corrected chi connectivity index (χ3v) is 10.2. The second-order valence-electron chi connectivity index (χ2n) is 10.7.